The molecule has 0 spiro atoms. The van der Waals surface area contributed by atoms with Crippen molar-refractivity contribution in [1.29, 1.82) is 0 Å². The predicted molar refractivity (Wildman–Crippen MR) is 114 cm³/mol. The van der Waals surface area contributed by atoms with E-state index in [4.69, 9.17) is 0 Å². The molecular formula is C17H28FIN4O2S. The Morgan fingerprint density at radius 1 is 1.31 bits per heavy atom. The zero-order valence-electron chi connectivity index (χ0n) is 15.2. The molecule has 0 bridgehead atoms. The van der Waals surface area contributed by atoms with Gasteiger partial charge < -0.3 is 10.6 Å². The number of halogens is 2. The zero-order valence-corrected chi connectivity index (χ0v) is 18.4. The van der Waals surface area contributed by atoms with Crippen molar-refractivity contribution in [2.24, 2.45) is 10.9 Å². The second kappa shape index (κ2) is 11.0. The lowest BCUT2D eigenvalue weighted by molar-refractivity contribution is 0.316. The third kappa shape index (κ3) is 7.75. The molecule has 0 aromatic heterocycles. The maximum absolute atomic E-state index is 13.3. The van der Waals surface area contributed by atoms with Crippen LogP contribution in [0.5, 0.6) is 0 Å². The molecule has 26 heavy (non-hydrogen) atoms. The number of aliphatic imine (C=N–C) groups is 1. The van der Waals surface area contributed by atoms with E-state index in [9.17, 15) is 12.8 Å². The van der Waals surface area contributed by atoms with Gasteiger partial charge in [-0.15, -0.1) is 24.0 Å². The Morgan fingerprint density at radius 3 is 2.62 bits per heavy atom. The minimum atomic E-state index is -3.27. The average Bonchev–Trinajstić information content (AvgIpc) is 2.52. The average molecular weight is 498 g/mol. The monoisotopic (exact) mass is 498 g/mol. The molecule has 148 valence electrons. The minimum absolute atomic E-state index is 0. The first kappa shape index (κ1) is 23.1. The van der Waals surface area contributed by atoms with E-state index >= 15 is 0 Å². The lowest BCUT2D eigenvalue weighted by Crippen LogP contribution is -2.41. The Bertz CT molecular complexity index is 709. The second-order valence-corrected chi connectivity index (χ2v) is 8.33. The Balaban J connectivity index is 0.00000338. The van der Waals surface area contributed by atoms with Crippen LogP contribution in [0.4, 0.5) is 4.39 Å². The molecule has 1 aliphatic carbocycles. The van der Waals surface area contributed by atoms with Crippen LogP contribution in [-0.4, -0.2) is 40.3 Å². The van der Waals surface area contributed by atoms with E-state index in [1.54, 1.807) is 26.1 Å². The third-order valence-corrected chi connectivity index (χ3v) is 5.73. The molecule has 0 radical (unpaired) electrons. The van der Waals surface area contributed by atoms with Crippen LogP contribution in [0.3, 0.4) is 0 Å². The topological polar surface area (TPSA) is 82.6 Å². The first-order valence-corrected chi connectivity index (χ1v) is 10.2. The van der Waals surface area contributed by atoms with Crippen molar-refractivity contribution in [3.05, 3.63) is 35.1 Å². The summed E-state index contributed by atoms with van der Waals surface area (Å²) in [6, 6.07) is 4.91. The number of nitrogens with zero attached hydrogens (tertiary/aromatic N) is 1. The standard InChI is InChI=1S/C17H27FN4O2S.HI/c1-13-10-15(6-7-16(13)18)11-21-17(19-2)20-8-9-25(23,24)22-12-14-4-3-5-14;/h6-7,10,14,22H,3-5,8-9,11-12H2,1-2H3,(H2,19,20,21);1H. The van der Waals surface area contributed by atoms with Crippen LogP contribution in [0.15, 0.2) is 23.2 Å². The smallest absolute Gasteiger partial charge is 0.213 e. The van der Waals surface area contributed by atoms with E-state index in [-0.39, 0.29) is 42.1 Å². The van der Waals surface area contributed by atoms with Crippen LogP contribution < -0.4 is 15.4 Å². The lowest BCUT2D eigenvalue weighted by Gasteiger charge is -2.25. The highest BCUT2D eigenvalue weighted by molar-refractivity contribution is 14.0. The molecule has 1 aromatic rings. The number of hydrogen-bond donors (Lipinski definition) is 3. The van der Waals surface area contributed by atoms with Crippen molar-refractivity contribution in [2.45, 2.75) is 32.7 Å². The molecule has 6 nitrogen and oxygen atoms in total. The molecule has 3 N–H and O–H groups in total. The van der Waals surface area contributed by atoms with Gasteiger partial charge in [-0.3, -0.25) is 4.99 Å². The molecule has 1 saturated carbocycles. The summed E-state index contributed by atoms with van der Waals surface area (Å²) in [5, 5.41) is 6.07. The van der Waals surface area contributed by atoms with E-state index in [1.165, 1.54) is 12.5 Å². The van der Waals surface area contributed by atoms with E-state index < -0.39 is 10.0 Å². The summed E-state index contributed by atoms with van der Waals surface area (Å²) in [5.74, 6) is 0.772. The second-order valence-electron chi connectivity index (χ2n) is 6.40. The summed E-state index contributed by atoms with van der Waals surface area (Å²) < 4.78 is 39.8. The Kier molecular flexibility index (Phi) is 9.80. The predicted octanol–water partition coefficient (Wildman–Crippen LogP) is 2.14. The molecule has 1 aromatic carbocycles. The highest BCUT2D eigenvalue weighted by Crippen LogP contribution is 2.25. The van der Waals surface area contributed by atoms with Gasteiger partial charge in [-0.25, -0.2) is 17.5 Å². The van der Waals surface area contributed by atoms with Gasteiger partial charge in [0.15, 0.2) is 5.96 Å². The summed E-state index contributed by atoms with van der Waals surface area (Å²) in [6.07, 6.45) is 3.42. The van der Waals surface area contributed by atoms with Crippen molar-refractivity contribution in [1.82, 2.24) is 15.4 Å². The molecule has 0 unspecified atom stereocenters. The van der Waals surface area contributed by atoms with Gasteiger partial charge in [-0.1, -0.05) is 18.6 Å². The number of guanidine groups is 1. The largest absolute Gasteiger partial charge is 0.355 e. The number of nitrogens with one attached hydrogen (secondary N) is 3. The van der Waals surface area contributed by atoms with Crippen LogP contribution in [0.1, 0.15) is 30.4 Å². The zero-order chi connectivity index (χ0) is 18.3. The SMILES string of the molecule is CN=C(NCCS(=O)(=O)NCC1CCC1)NCc1ccc(F)c(C)c1.I. The fraction of sp³-hybridized carbons (Fsp3) is 0.588. The van der Waals surface area contributed by atoms with Crippen LogP contribution in [0.25, 0.3) is 0 Å². The highest BCUT2D eigenvalue weighted by Gasteiger charge is 2.20. The maximum Gasteiger partial charge on any atom is 0.213 e. The molecule has 9 heteroatoms. The number of sulfonamides is 1. The summed E-state index contributed by atoms with van der Waals surface area (Å²) in [4.78, 5) is 4.06. The van der Waals surface area contributed by atoms with Crippen molar-refractivity contribution < 1.29 is 12.8 Å². The molecule has 1 aliphatic rings. The van der Waals surface area contributed by atoms with Crippen LogP contribution >= 0.6 is 24.0 Å². The maximum atomic E-state index is 13.3. The van der Waals surface area contributed by atoms with Crippen molar-refractivity contribution in [2.75, 3.05) is 25.9 Å². The molecule has 0 atom stereocenters. The first-order valence-electron chi connectivity index (χ1n) is 8.56. The van der Waals surface area contributed by atoms with Gasteiger partial charge in [0.2, 0.25) is 10.0 Å². The van der Waals surface area contributed by atoms with Crippen molar-refractivity contribution in [3.63, 3.8) is 0 Å². The number of aryl methyl sites for hydroxylation is 1. The molecule has 0 saturated heterocycles. The van der Waals surface area contributed by atoms with Gasteiger partial charge in [0.05, 0.1) is 5.75 Å². The van der Waals surface area contributed by atoms with Crippen molar-refractivity contribution in [3.8, 4) is 0 Å². The van der Waals surface area contributed by atoms with Gasteiger partial charge in [0, 0.05) is 26.7 Å². The summed E-state index contributed by atoms with van der Waals surface area (Å²) in [6.45, 7) is 3.00. The fourth-order valence-corrected chi connectivity index (χ4v) is 3.55. The molecule has 1 fully saturated rings. The summed E-state index contributed by atoms with van der Waals surface area (Å²) in [5.41, 5.74) is 1.52. The lowest BCUT2D eigenvalue weighted by atomic mass is 9.86. The van der Waals surface area contributed by atoms with E-state index in [0.29, 0.717) is 30.5 Å². The molecule has 0 amide bonds. The van der Waals surface area contributed by atoms with Crippen LogP contribution in [-0.2, 0) is 16.6 Å². The van der Waals surface area contributed by atoms with Crippen molar-refractivity contribution >= 4 is 40.0 Å². The number of hydrogen-bond acceptors (Lipinski definition) is 3. The third-order valence-electron chi connectivity index (χ3n) is 4.39. The highest BCUT2D eigenvalue weighted by atomic mass is 127. The van der Waals surface area contributed by atoms with Gasteiger partial charge >= 0.3 is 0 Å². The Labute approximate surface area is 172 Å². The Morgan fingerprint density at radius 2 is 2.04 bits per heavy atom. The number of benzene rings is 1. The van der Waals surface area contributed by atoms with E-state index in [2.05, 4.69) is 20.3 Å². The molecule has 0 aliphatic heterocycles. The molecule has 0 heterocycles. The first-order chi connectivity index (χ1) is 11.9. The molecular weight excluding hydrogens is 470 g/mol. The normalized spacial score (nSPS) is 15.1. The quantitative estimate of drug-likeness (QED) is 0.292. The van der Waals surface area contributed by atoms with Crippen LogP contribution in [0, 0.1) is 18.7 Å². The van der Waals surface area contributed by atoms with Gasteiger partial charge in [-0.2, -0.15) is 0 Å². The van der Waals surface area contributed by atoms with E-state index in [0.717, 1.165) is 18.4 Å². The van der Waals surface area contributed by atoms with Crippen LogP contribution in [0.2, 0.25) is 0 Å². The molecule has 2 rings (SSSR count). The summed E-state index contributed by atoms with van der Waals surface area (Å²) in [7, 11) is -1.65. The van der Waals surface area contributed by atoms with E-state index in [1.807, 2.05) is 0 Å². The van der Waals surface area contributed by atoms with Gasteiger partial charge in [0.1, 0.15) is 5.82 Å². The van der Waals surface area contributed by atoms with Gasteiger partial charge in [-0.05, 0) is 42.9 Å². The number of rotatable bonds is 8. The summed E-state index contributed by atoms with van der Waals surface area (Å²) >= 11 is 0. The minimum Gasteiger partial charge on any atom is -0.355 e. The van der Waals surface area contributed by atoms with Gasteiger partial charge in [0.25, 0.3) is 0 Å². The Hall–Kier alpha value is -0.940. The fourth-order valence-electron chi connectivity index (χ4n) is 2.54.